The Morgan fingerprint density at radius 3 is 2.71 bits per heavy atom. The van der Waals surface area contributed by atoms with Crippen molar-refractivity contribution in [3.63, 3.8) is 0 Å². The van der Waals surface area contributed by atoms with Gasteiger partial charge in [-0.2, -0.15) is 4.31 Å². The summed E-state index contributed by atoms with van der Waals surface area (Å²) in [6.07, 6.45) is -0.0283. The van der Waals surface area contributed by atoms with Crippen LogP contribution in [0.25, 0.3) is 0 Å². The first kappa shape index (κ1) is 15.7. The lowest BCUT2D eigenvalue weighted by atomic mass is 10.0. The normalized spacial score (nSPS) is 21.3. The van der Waals surface area contributed by atoms with E-state index in [9.17, 15) is 23.6 Å². The molecule has 1 fully saturated rings. The van der Waals surface area contributed by atoms with E-state index in [2.05, 4.69) is 0 Å². The first-order valence-electron chi connectivity index (χ1n) is 6.45. The minimum atomic E-state index is -3.82. The number of nitro benzene ring substituents is 1. The van der Waals surface area contributed by atoms with E-state index in [1.54, 1.807) is 6.92 Å². The average Bonchev–Trinajstić information content (AvgIpc) is 2.89. The molecule has 2 atom stereocenters. The van der Waals surface area contributed by atoms with Crippen LogP contribution in [0, 0.1) is 16.0 Å². The predicted octanol–water partition coefficient (Wildman–Crippen LogP) is 0.568. The van der Waals surface area contributed by atoms with Gasteiger partial charge < -0.3 is 10.8 Å². The van der Waals surface area contributed by atoms with Crippen molar-refractivity contribution in [2.75, 3.05) is 18.8 Å². The minimum Gasteiger partial charge on any atom is -0.393 e. The zero-order chi connectivity index (χ0) is 15.8. The Balaban J connectivity index is 2.33. The van der Waals surface area contributed by atoms with E-state index in [1.165, 1.54) is 16.4 Å². The van der Waals surface area contributed by atoms with Crippen LogP contribution in [-0.2, 0) is 10.0 Å². The molecule has 9 heteroatoms. The lowest BCUT2D eigenvalue weighted by Crippen LogP contribution is -2.30. The van der Waals surface area contributed by atoms with Crippen LogP contribution in [-0.4, -0.2) is 41.9 Å². The number of aliphatic hydroxyl groups excluding tert-OH is 1. The van der Waals surface area contributed by atoms with Gasteiger partial charge in [-0.05, 0) is 31.4 Å². The van der Waals surface area contributed by atoms with Gasteiger partial charge in [0.05, 0.1) is 15.9 Å². The summed E-state index contributed by atoms with van der Waals surface area (Å²) in [5, 5.41) is 20.4. The van der Waals surface area contributed by atoms with Crippen LogP contribution in [0.2, 0.25) is 0 Å². The van der Waals surface area contributed by atoms with E-state index in [-0.39, 0.29) is 29.6 Å². The summed E-state index contributed by atoms with van der Waals surface area (Å²) < 4.78 is 26.2. The smallest absolute Gasteiger partial charge is 0.293 e. The third-order valence-electron chi connectivity index (χ3n) is 3.71. The second kappa shape index (κ2) is 5.58. The van der Waals surface area contributed by atoms with Gasteiger partial charge in [0, 0.05) is 19.2 Å². The van der Waals surface area contributed by atoms with Crippen LogP contribution in [0.3, 0.4) is 0 Å². The maximum atomic E-state index is 12.5. The third kappa shape index (κ3) is 2.99. The van der Waals surface area contributed by atoms with Crippen molar-refractivity contribution in [1.82, 2.24) is 4.31 Å². The van der Waals surface area contributed by atoms with Crippen LogP contribution < -0.4 is 5.73 Å². The monoisotopic (exact) mass is 315 g/mol. The molecule has 0 amide bonds. The fourth-order valence-electron chi connectivity index (χ4n) is 2.36. The zero-order valence-corrected chi connectivity index (χ0v) is 12.3. The second-order valence-corrected chi connectivity index (χ2v) is 7.07. The molecule has 3 N–H and O–H groups in total. The number of nitrogens with two attached hydrogens (primary N) is 1. The van der Waals surface area contributed by atoms with Crippen LogP contribution in [0.1, 0.15) is 13.3 Å². The van der Waals surface area contributed by atoms with Gasteiger partial charge in [0.2, 0.25) is 10.0 Å². The van der Waals surface area contributed by atoms with Gasteiger partial charge >= 0.3 is 0 Å². The Kier molecular flexibility index (Phi) is 4.17. The summed E-state index contributed by atoms with van der Waals surface area (Å²) in [7, 11) is -3.82. The summed E-state index contributed by atoms with van der Waals surface area (Å²) in [6.45, 7) is 2.11. The van der Waals surface area contributed by atoms with E-state index in [0.717, 1.165) is 6.07 Å². The molecule has 2 rings (SSSR count). The highest BCUT2D eigenvalue weighted by atomic mass is 32.2. The van der Waals surface area contributed by atoms with E-state index < -0.39 is 26.7 Å². The Morgan fingerprint density at radius 1 is 1.52 bits per heavy atom. The zero-order valence-electron chi connectivity index (χ0n) is 11.5. The SMILES string of the molecule is CC(O)C1CCN(S(=O)(=O)c2ccc(N)c([N+](=O)[O-])c2)C1. The minimum absolute atomic E-state index is 0.0813. The predicted molar refractivity (Wildman–Crippen MR) is 76.1 cm³/mol. The number of aliphatic hydroxyl groups is 1. The summed E-state index contributed by atoms with van der Waals surface area (Å²) in [4.78, 5) is 9.98. The number of nitrogens with zero attached hydrogens (tertiary/aromatic N) is 2. The lowest BCUT2D eigenvalue weighted by Gasteiger charge is -2.17. The molecule has 116 valence electrons. The van der Waals surface area contributed by atoms with E-state index >= 15 is 0 Å². The van der Waals surface area contributed by atoms with Crippen LogP contribution >= 0.6 is 0 Å². The molecule has 1 heterocycles. The largest absolute Gasteiger partial charge is 0.393 e. The molecule has 1 aromatic rings. The highest BCUT2D eigenvalue weighted by Gasteiger charge is 2.35. The topological polar surface area (TPSA) is 127 Å². The quantitative estimate of drug-likeness (QED) is 0.475. The number of rotatable bonds is 4. The number of hydrogen-bond donors (Lipinski definition) is 2. The van der Waals surface area contributed by atoms with Crippen LogP contribution in [0.4, 0.5) is 11.4 Å². The Bertz CT molecular complexity index is 659. The second-order valence-electron chi connectivity index (χ2n) is 5.13. The number of nitrogen functional groups attached to an aromatic ring is 1. The molecule has 1 aliphatic heterocycles. The fraction of sp³-hybridized carbons (Fsp3) is 0.500. The third-order valence-corrected chi connectivity index (χ3v) is 5.57. The molecule has 0 aliphatic carbocycles. The number of nitro groups is 1. The van der Waals surface area contributed by atoms with E-state index in [4.69, 9.17) is 5.73 Å². The molecule has 1 aliphatic rings. The Morgan fingerprint density at radius 2 is 2.19 bits per heavy atom. The number of sulfonamides is 1. The van der Waals surface area contributed by atoms with Gasteiger partial charge in [0.15, 0.2) is 0 Å². The molecule has 0 spiro atoms. The number of benzene rings is 1. The number of hydrogen-bond acceptors (Lipinski definition) is 6. The lowest BCUT2D eigenvalue weighted by molar-refractivity contribution is -0.384. The van der Waals surface area contributed by atoms with Crippen molar-refractivity contribution in [2.24, 2.45) is 5.92 Å². The van der Waals surface area contributed by atoms with Gasteiger partial charge in [0.1, 0.15) is 5.69 Å². The van der Waals surface area contributed by atoms with Gasteiger partial charge in [0.25, 0.3) is 5.69 Å². The highest BCUT2D eigenvalue weighted by molar-refractivity contribution is 7.89. The maximum Gasteiger partial charge on any atom is 0.293 e. The standard InChI is InChI=1S/C12H17N3O5S/c1-8(16)9-4-5-14(7-9)21(19,20)10-2-3-11(13)12(6-10)15(17)18/h2-3,6,8-9,16H,4-5,7,13H2,1H3. The molecule has 1 saturated heterocycles. The molecular formula is C12H17N3O5S. The Hall–Kier alpha value is -1.71. The molecule has 2 unspecified atom stereocenters. The molecule has 0 bridgehead atoms. The van der Waals surface area contributed by atoms with Crippen molar-refractivity contribution < 1.29 is 18.4 Å². The molecular weight excluding hydrogens is 298 g/mol. The fourth-order valence-corrected chi connectivity index (χ4v) is 3.89. The van der Waals surface area contributed by atoms with Crippen molar-refractivity contribution >= 4 is 21.4 Å². The first-order chi connectivity index (χ1) is 9.73. The Labute approximate surface area is 122 Å². The maximum absolute atomic E-state index is 12.5. The van der Waals surface area contributed by atoms with Gasteiger partial charge in [-0.25, -0.2) is 8.42 Å². The van der Waals surface area contributed by atoms with Gasteiger partial charge in [-0.3, -0.25) is 10.1 Å². The van der Waals surface area contributed by atoms with Crippen molar-refractivity contribution in [2.45, 2.75) is 24.3 Å². The van der Waals surface area contributed by atoms with E-state index in [1.807, 2.05) is 0 Å². The van der Waals surface area contributed by atoms with Crippen LogP contribution in [0.5, 0.6) is 0 Å². The summed E-state index contributed by atoms with van der Waals surface area (Å²) >= 11 is 0. The molecule has 0 aromatic heterocycles. The number of anilines is 1. The molecule has 0 saturated carbocycles. The molecule has 21 heavy (non-hydrogen) atoms. The first-order valence-corrected chi connectivity index (χ1v) is 7.89. The van der Waals surface area contributed by atoms with Gasteiger partial charge in [-0.1, -0.05) is 0 Å². The van der Waals surface area contributed by atoms with Crippen molar-refractivity contribution in [3.8, 4) is 0 Å². The van der Waals surface area contributed by atoms with E-state index in [0.29, 0.717) is 6.42 Å². The van der Waals surface area contributed by atoms with Crippen LogP contribution in [0.15, 0.2) is 23.1 Å². The van der Waals surface area contributed by atoms with Gasteiger partial charge in [-0.15, -0.1) is 0 Å². The van der Waals surface area contributed by atoms with Crippen molar-refractivity contribution in [3.05, 3.63) is 28.3 Å². The van der Waals surface area contributed by atoms with Crippen molar-refractivity contribution in [1.29, 1.82) is 0 Å². The molecule has 0 radical (unpaired) electrons. The highest BCUT2D eigenvalue weighted by Crippen LogP contribution is 2.30. The summed E-state index contributed by atoms with van der Waals surface area (Å²) in [6, 6.07) is 3.45. The average molecular weight is 315 g/mol. The summed E-state index contributed by atoms with van der Waals surface area (Å²) in [5.74, 6) is -0.122. The molecule has 1 aromatic carbocycles. The molecule has 8 nitrogen and oxygen atoms in total. The summed E-state index contributed by atoms with van der Waals surface area (Å²) in [5.41, 5.74) is 4.96.